The van der Waals surface area contributed by atoms with Gasteiger partial charge in [0.05, 0.1) is 24.5 Å². The van der Waals surface area contributed by atoms with Crippen LogP contribution in [0.2, 0.25) is 0 Å². The van der Waals surface area contributed by atoms with Gasteiger partial charge in [-0.2, -0.15) is 0 Å². The van der Waals surface area contributed by atoms with Crippen molar-refractivity contribution in [3.05, 3.63) is 36.0 Å². The third-order valence-electron chi connectivity index (χ3n) is 4.04. The smallest absolute Gasteiger partial charge is 0.407 e. The third kappa shape index (κ3) is 3.50. The highest BCUT2D eigenvalue weighted by atomic mass is 16.5. The minimum Gasteiger partial charge on any atom is -0.450 e. The maximum absolute atomic E-state index is 11.8. The fourth-order valence-corrected chi connectivity index (χ4v) is 3.03. The van der Waals surface area contributed by atoms with Gasteiger partial charge in [0.1, 0.15) is 5.69 Å². The van der Waals surface area contributed by atoms with Crippen LogP contribution in [0.4, 0.5) is 4.79 Å². The molecule has 7 heteroatoms. The van der Waals surface area contributed by atoms with Crippen LogP contribution >= 0.6 is 0 Å². The van der Waals surface area contributed by atoms with Crippen LogP contribution in [0.3, 0.4) is 0 Å². The summed E-state index contributed by atoms with van der Waals surface area (Å²) >= 11 is 0. The van der Waals surface area contributed by atoms with Gasteiger partial charge in [-0.15, -0.1) is 0 Å². The van der Waals surface area contributed by atoms with Crippen molar-refractivity contribution in [3.63, 3.8) is 0 Å². The van der Waals surface area contributed by atoms with Gasteiger partial charge in [-0.3, -0.25) is 4.98 Å². The van der Waals surface area contributed by atoms with E-state index in [4.69, 9.17) is 4.74 Å². The number of ether oxygens (including phenoxy) is 1. The van der Waals surface area contributed by atoms with Gasteiger partial charge in [0, 0.05) is 24.2 Å². The molecule has 7 nitrogen and oxygen atoms in total. The second-order valence-electron chi connectivity index (χ2n) is 6.65. The van der Waals surface area contributed by atoms with Crippen LogP contribution in [0.1, 0.15) is 44.5 Å². The van der Waals surface area contributed by atoms with Crippen molar-refractivity contribution in [2.75, 3.05) is 6.61 Å². The highest BCUT2D eigenvalue weighted by Gasteiger charge is 2.34. The number of hydrogen-bond acceptors (Lipinski definition) is 6. The Hall–Kier alpha value is -2.57. The van der Waals surface area contributed by atoms with Gasteiger partial charge in [-0.1, -0.05) is 13.8 Å². The zero-order valence-corrected chi connectivity index (χ0v) is 14.1. The largest absolute Gasteiger partial charge is 0.450 e. The summed E-state index contributed by atoms with van der Waals surface area (Å²) in [5, 5.41) is 2.92. The van der Waals surface area contributed by atoms with Crippen LogP contribution in [0, 0.1) is 5.41 Å². The van der Waals surface area contributed by atoms with E-state index in [-0.39, 0.29) is 11.5 Å². The summed E-state index contributed by atoms with van der Waals surface area (Å²) in [6.45, 7) is 6.46. The number of carbonyl (C=O) groups is 1. The molecule has 126 valence electrons. The molecular weight excluding hydrogens is 306 g/mol. The van der Waals surface area contributed by atoms with E-state index >= 15 is 0 Å². The van der Waals surface area contributed by atoms with E-state index in [1.165, 1.54) is 0 Å². The number of amides is 1. The molecule has 0 aliphatic heterocycles. The summed E-state index contributed by atoms with van der Waals surface area (Å²) in [6.07, 6.45) is 7.87. The second kappa shape index (κ2) is 6.51. The van der Waals surface area contributed by atoms with E-state index in [2.05, 4.69) is 39.1 Å². The summed E-state index contributed by atoms with van der Waals surface area (Å²) in [7, 11) is 0. The molecule has 1 aliphatic carbocycles. The molecule has 1 atom stereocenters. The number of hydrogen-bond donors (Lipinski definition) is 1. The maximum atomic E-state index is 11.8. The topological polar surface area (TPSA) is 89.9 Å². The highest BCUT2D eigenvalue weighted by Crippen LogP contribution is 2.40. The molecule has 1 amide bonds. The van der Waals surface area contributed by atoms with Crippen LogP contribution in [-0.4, -0.2) is 32.6 Å². The molecule has 2 aromatic heterocycles. The van der Waals surface area contributed by atoms with Gasteiger partial charge in [0.15, 0.2) is 5.82 Å². The quantitative estimate of drug-likeness (QED) is 0.932. The number of nitrogens with one attached hydrogen (secondary N) is 1. The van der Waals surface area contributed by atoms with Gasteiger partial charge < -0.3 is 10.1 Å². The summed E-state index contributed by atoms with van der Waals surface area (Å²) in [4.78, 5) is 29.2. The second-order valence-corrected chi connectivity index (χ2v) is 6.65. The average Bonchev–Trinajstić information content (AvgIpc) is 2.54. The van der Waals surface area contributed by atoms with Crippen molar-refractivity contribution in [2.24, 2.45) is 5.41 Å². The number of carbonyl (C=O) groups excluding carboxylic acids is 1. The third-order valence-corrected chi connectivity index (χ3v) is 4.04. The van der Waals surface area contributed by atoms with Crippen molar-refractivity contribution in [3.8, 4) is 11.5 Å². The first-order chi connectivity index (χ1) is 11.5. The Bertz CT molecular complexity index is 733. The molecule has 0 saturated carbocycles. The zero-order valence-electron chi connectivity index (χ0n) is 14.1. The molecule has 0 bridgehead atoms. The standard InChI is InChI=1S/C17H21N5O2/c1-4-24-16(23)22-13-8-17(2,3)7-12-11(13)9-20-15(21-12)14-10-18-5-6-19-14/h5-6,9-10,13H,4,7-8H2,1-3H3,(H,22,23)/t13-/m1/s1. The normalized spacial score (nSPS) is 18.5. The lowest BCUT2D eigenvalue weighted by Crippen LogP contribution is -2.37. The number of fused-ring (bicyclic) bond motifs is 1. The van der Waals surface area contributed by atoms with Crippen LogP contribution in [-0.2, 0) is 11.2 Å². The lowest BCUT2D eigenvalue weighted by Gasteiger charge is -2.36. The molecule has 1 aliphatic rings. The Kier molecular flexibility index (Phi) is 4.42. The van der Waals surface area contributed by atoms with Crippen molar-refractivity contribution in [1.82, 2.24) is 25.3 Å². The van der Waals surface area contributed by atoms with Crippen LogP contribution in [0.15, 0.2) is 24.8 Å². The van der Waals surface area contributed by atoms with Crippen LogP contribution in [0.5, 0.6) is 0 Å². The lowest BCUT2D eigenvalue weighted by atomic mass is 9.74. The number of rotatable bonds is 3. The molecule has 0 saturated heterocycles. The summed E-state index contributed by atoms with van der Waals surface area (Å²) in [6, 6.07) is -0.154. The minimum absolute atomic E-state index is 0.0190. The SMILES string of the molecule is CCOC(=O)N[C@@H]1CC(C)(C)Cc2nc(-c3cnccn3)ncc21. The number of aromatic nitrogens is 4. The van der Waals surface area contributed by atoms with E-state index in [9.17, 15) is 4.79 Å². The van der Waals surface area contributed by atoms with Crippen LogP contribution in [0.25, 0.3) is 11.5 Å². The molecule has 0 aromatic carbocycles. The summed E-state index contributed by atoms with van der Waals surface area (Å²) in [5.74, 6) is 0.550. The molecule has 0 spiro atoms. The molecule has 3 rings (SSSR count). The lowest BCUT2D eigenvalue weighted by molar-refractivity contribution is 0.141. The molecule has 0 fully saturated rings. The van der Waals surface area contributed by atoms with E-state index in [1.54, 1.807) is 31.7 Å². The van der Waals surface area contributed by atoms with Crippen molar-refractivity contribution < 1.29 is 9.53 Å². The molecule has 1 N–H and O–H groups in total. The Morgan fingerprint density at radius 2 is 2.17 bits per heavy atom. The van der Waals surface area contributed by atoms with E-state index < -0.39 is 6.09 Å². The fraction of sp³-hybridized carbons (Fsp3) is 0.471. The first kappa shape index (κ1) is 16.3. The molecule has 2 aromatic rings. The predicted molar refractivity (Wildman–Crippen MR) is 88.1 cm³/mol. The van der Waals surface area contributed by atoms with E-state index in [1.807, 2.05) is 0 Å². The van der Waals surface area contributed by atoms with E-state index in [0.717, 1.165) is 24.1 Å². The Labute approximate surface area is 140 Å². The minimum atomic E-state index is -0.413. The fourth-order valence-electron chi connectivity index (χ4n) is 3.03. The first-order valence-electron chi connectivity index (χ1n) is 8.04. The molecular formula is C17H21N5O2. The summed E-state index contributed by atoms with van der Waals surface area (Å²) < 4.78 is 5.01. The maximum Gasteiger partial charge on any atom is 0.407 e. The average molecular weight is 327 g/mol. The Morgan fingerprint density at radius 1 is 1.33 bits per heavy atom. The van der Waals surface area contributed by atoms with Gasteiger partial charge >= 0.3 is 6.09 Å². The zero-order chi connectivity index (χ0) is 17.2. The van der Waals surface area contributed by atoms with Gasteiger partial charge in [-0.05, 0) is 25.2 Å². The predicted octanol–water partition coefficient (Wildman–Crippen LogP) is 2.69. The molecule has 2 heterocycles. The number of nitrogens with zero attached hydrogens (tertiary/aromatic N) is 4. The molecule has 0 radical (unpaired) electrons. The van der Waals surface area contributed by atoms with Crippen molar-refractivity contribution in [1.29, 1.82) is 0 Å². The molecule has 0 unspecified atom stereocenters. The first-order valence-corrected chi connectivity index (χ1v) is 8.04. The van der Waals surface area contributed by atoms with Gasteiger partial charge in [0.25, 0.3) is 0 Å². The van der Waals surface area contributed by atoms with Gasteiger partial charge in [0.2, 0.25) is 0 Å². The van der Waals surface area contributed by atoms with Crippen molar-refractivity contribution in [2.45, 2.75) is 39.7 Å². The molecule has 24 heavy (non-hydrogen) atoms. The van der Waals surface area contributed by atoms with Gasteiger partial charge in [-0.25, -0.2) is 19.7 Å². The number of alkyl carbamates (subject to hydrolysis) is 1. The highest BCUT2D eigenvalue weighted by molar-refractivity contribution is 5.68. The Morgan fingerprint density at radius 3 is 2.88 bits per heavy atom. The Balaban J connectivity index is 1.94. The van der Waals surface area contributed by atoms with E-state index in [0.29, 0.717) is 18.1 Å². The summed E-state index contributed by atoms with van der Waals surface area (Å²) in [5.41, 5.74) is 2.53. The van der Waals surface area contributed by atoms with Crippen molar-refractivity contribution >= 4 is 6.09 Å². The van der Waals surface area contributed by atoms with Crippen LogP contribution < -0.4 is 5.32 Å². The monoisotopic (exact) mass is 327 g/mol.